The number of phenolic OH excluding ortho intramolecular Hbond substituents is 1. The minimum atomic E-state index is -0.476. The second-order valence-corrected chi connectivity index (χ2v) is 5.84. The van der Waals surface area contributed by atoms with Crippen LogP contribution in [0.1, 0.15) is 12.2 Å². The van der Waals surface area contributed by atoms with Crippen molar-refractivity contribution in [2.45, 2.75) is 13.0 Å². The largest absolute Gasteiger partial charge is 0.506 e. The normalized spacial score (nSPS) is 17.5. The fourth-order valence-electron chi connectivity index (χ4n) is 2.53. The fraction of sp³-hybridized carbons (Fsp3) is 0.250. The molecule has 2 aromatic rings. The van der Waals surface area contributed by atoms with Crippen molar-refractivity contribution >= 4 is 29.1 Å². The molecular weight excluding hydrogens is 320 g/mol. The summed E-state index contributed by atoms with van der Waals surface area (Å²) < 4.78 is 5.22. The Hall–Kier alpha value is -2.47. The molecule has 0 bridgehead atoms. The van der Waals surface area contributed by atoms with E-state index in [0.29, 0.717) is 23.9 Å². The molecule has 1 aliphatic heterocycles. The van der Waals surface area contributed by atoms with Gasteiger partial charge in [0.15, 0.2) is 0 Å². The molecular formula is C16H15ClN2O4. The number of anilines is 1. The van der Waals surface area contributed by atoms with E-state index in [9.17, 15) is 14.7 Å². The minimum absolute atomic E-state index is 0.0699. The maximum Gasteiger partial charge on any atom is 0.229 e. The Morgan fingerprint density at radius 1 is 1.43 bits per heavy atom. The lowest BCUT2D eigenvalue weighted by Gasteiger charge is -2.15. The third kappa shape index (κ3) is 3.48. The lowest BCUT2D eigenvalue weighted by atomic mass is 10.1. The Balaban J connectivity index is 1.64. The van der Waals surface area contributed by atoms with Crippen molar-refractivity contribution in [3.8, 4) is 5.75 Å². The summed E-state index contributed by atoms with van der Waals surface area (Å²) in [5.74, 6) is -0.294. The molecule has 1 aromatic carbocycles. The summed E-state index contributed by atoms with van der Waals surface area (Å²) in [6.07, 6.45) is 1.68. The van der Waals surface area contributed by atoms with Crippen LogP contribution >= 0.6 is 11.6 Å². The zero-order chi connectivity index (χ0) is 16.4. The SMILES string of the molecule is O=C(Nc1cc(Cl)ccc1O)C1CC(=O)N(Cc2ccco2)C1. The highest BCUT2D eigenvalue weighted by Crippen LogP contribution is 2.28. The first-order valence-electron chi connectivity index (χ1n) is 7.12. The Kier molecular flexibility index (Phi) is 4.25. The molecule has 1 fully saturated rings. The van der Waals surface area contributed by atoms with Gasteiger partial charge in [0.2, 0.25) is 11.8 Å². The van der Waals surface area contributed by atoms with Gasteiger partial charge in [0.25, 0.3) is 0 Å². The van der Waals surface area contributed by atoms with Crippen LogP contribution in [0.5, 0.6) is 5.75 Å². The van der Waals surface area contributed by atoms with Crippen LogP contribution in [0, 0.1) is 5.92 Å². The number of hydrogen-bond donors (Lipinski definition) is 2. The van der Waals surface area contributed by atoms with Crippen LogP contribution in [-0.4, -0.2) is 28.4 Å². The highest BCUT2D eigenvalue weighted by atomic mass is 35.5. The number of likely N-dealkylation sites (tertiary alicyclic amines) is 1. The Bertz CT molecular complexity index is 730. The predicted molar refractivity (Wildman–Crippen MR) is 84.0 cm³/mol. The molecule has 0 saturated carbocycles. The third-order valence-corrected chi connectivity index (χ3v) is 3.96. The number of carbonyl (C=O) groups excluding carboxylic acids is 2. The van der Waals surface area contributed by atoms with Crippen LogP contribution < -0.4 is 5.32 Å². The molecule has 0 radical (unpaired) electrons. The van der Waals surface area contributed by atoms with Crippen LogP contribution in [-0.2, 0) is 16.1 Å². The van der Waals surface area contributed by atoms with E-state index >= 15 is 0 Å². The molecule has 3 rings (SSSR count). The second-order valence-electron chi connectivity index (χ2n) is 5.41. The van der Waals surface area contributed by atoms with E-state index < -0.39 is 5.92 Å². The van der Waals surface area contributed by atoms with E-state index in [1.165, 1.54) is 18.2 Å². The van der Waals surface area contributed by atoms with Crippen LogP contribution in [0.15, 0.2) is 41.0 Å². The standard InChI is InChI=1S/C16H15ClN2O4/c17-11-3-4-14(20)13(7-11)18-16(22)10-6-15(21)19(8-10)9-12-2-1-5-23-12/h1-5,7,10,20H,6,8-9H2,(H,18,22). The molecule has 0 aliphatic carbocycles. The molecule has 23 heavy (non-hydrogen) atoms. The summed E-state index contributed by atoms with van der Waals surface area (Å²) in [6.45, 7) is 0.657. The molecule has 1 aromatic heterocycles. The quantitative estimate of drug-likeness (QED) is 0.842. The van der Waals surface area contributed by atoms with E-state index in [1.807, 2.05) is 0 Å². The predicted octanol–water partition coefficient (Wildman–Crippen LogP) is 2.63. The molecule has 7 heteroatoms. The van der Waals surface area contributed by atoms with Crippen LogP contribution in [0.25, 0.3) is 0 Å². The van der Waals surface area contributed by atoms with Crippen molar-refractivity contribution < 1.29 is 19.1 Å². The van der Waals surface area contributed by atoms with E-state index in [0.717, 1.165) is 0 Å². The number of amides is 2. The second kappa shape index (κ2) is 6.34. The highest BCUT2D eigenvalue weighted by Gasteiger charge is 2.34. The van der Waals surface area contributed by atoms with Gasteiger partial charge in [-0.1, -0.05) is 11.6 Å². The van der Waals surface area contributed by atoms with Gasteiger partial charge in [-0.05, 0) is 30.3 Å². The third-order valence-electron chi connectivity index (χ3n) is 3.73. The van der Waals surface area contributed by atoms with Crippen LogP contribution in [0.2, 0.25) is 5.02 Å². The molecule has 2 N–H and O–H groups in total. The number of rotatable bonds is 4. The average Bonchev–Trinajstić information content (AvgIpc) is 3.14. The number of aromatic hydroxyl groups is 1. The summed E-state index contributed by atoms with van der Waals surface area (Å²) >= 11 is 5.85. The maximum absolute atomic E-state index is 12.3. The van der Waals surface area contributed by atoms with Gasteiger partial charge >= 0.3 is 0 Å². The van der Waals surface area contributed by atoms with E-state index in [2.05, 4.69) is 5.32 Å². The highest BCUT2D eigenvalue weighted by molar-refractivity contribution is 6.31. The first-order valence-corrected chi connectivity index (χ1v) is 7.50. The van der Waals surface area contributed by atoms with Crippen molar-refractivity contribution in [1.29, 1.82) is 0 Å². The summed E-state index contributed by atoms with van der Waals surface area (Å²) in [5, 5.41) is 12.8. The first-order chi connectivity index (χ1) is 11.0. The molecule has 1 aliphatic rings. The van der Waals surface area contributed by atoms with Gasteiger partial charge in [-0.15, -0.1) is 0 Å². The van der Waals surface area contributed by atoms with Gasteiger partial charge in [0.1, 0.15) is 11.5 Å². The first kappa shape index (κ1) is 15.4. The van der Waals surface area contributed by atoms with Crippen molar-refractivity contribution in [3.05, 3.63) is 47.4 Å². The van der Waals surface area contributed by atoms with Crippen molar-refractivity contribution in [2.75, 3.05) is 11.9 Å². The van der Waals surface area contributed by atoms with Crippen molar-refractivity contribution in [2.24, 2.45) is 5.92 Å². The number of benzene rings is 1. The van der Waals surface area contributed by atoms with Crippen molar-refractivity contribution in [1.82, 2.24) is 4.90 Å². The molecule has 0 spiro atoms. The minimum Gasteiger partial charge on any atom is -0.506 e. The molecule has 2 heterocycles. The number of halogens is 1. The summed E-state index contributed by atoms with van der Waals surface area (Å²) in [7, 11) is 0. The molecule has 120 valence electrons. The average molecular weight is 335 g/mol. The fourth-order valence-corrected chi connectivity index (χ4v) is 2.71. The molecule has 2 amide bonds. The van der Waals surface area contributed by atoms with Crippen molar-refractivity contribution in [3.63, 3.8) is 0 Å². The van der Waals surface area contributed by atoms with E-state index in [-0.39, 0.29) is 29.7 Å². The van der Waals surface area contributed by atoms with Gasteiger partial charge in [0, 0.05) is 18.0 Å². The molecule has 1 saturated heterocycles. The molecule has 6 nitrogen and oxygen atoms in total. The van der Waals surface area contributed by atoms with Gasteiger partial charge in [-0.25, -0.2) is 0 Å². The van der Waals surface area contributed by atoms with Crippen LogP contribution in [0.4, 0.5) is 5.69 Å². The Morgan fingerprint density at radius 3 is 3.00 bits per heavy atom. The van der Waals surface area contributed by atoms with E-state index in [1.54, 1.807) is 23.3 Å². The smallest absolute Gasteiger partial charge is 0.229 e. The lowest BCUT2D eigenvalue weighted by Crippen LogP contribution is -2.27. The molecule has 1 unspecified atom stereocenters. The maximum atomic E-state index is 12.3. The Morgan fingerprint density at radius 2 is 2.26 bits per heavy atom. The topological polar surface area (TPSA) is 82.8 Å². The number of hydrogen-bond acceptors (Lipinski definition) is 4. The number of furan rings is 1. The summed E-state index contributed by atoms with van der Waals surface area (Å²) in [6, 6.07) is 7.93. The lowest BCUT2D eigenvalue weighted by molar-refractivity contribution is -0.128. The summed E-state index contributed by atoms with van der Waals surface area (Å²) in [4.78, 5) is 25.9. The monoisotopic (exact) mass is 334 g/mol. The number of phenols is 1. The zero-order valence-electron chi connectivity index (χ0n) is 12.2. The number of nitrogens with zero attached hydrogens (tertiary/aromatic N) is 1. The number of nitrogens with one attached hydrogen (secondary N) is 1. The van der Waals surface area contributed by atoms with Gasteiger partial charge in [-0.3, -0.25) is 9.59 Å². The summed E-state index contributed by atoms with van der Waals surface area (Å²) in [5.41, 5.74) is 0.236. The molecule has 1 atom stereocenters. The van der Waals surface area contributed by atoms with Crippen LogP contribution in [0.3, 0.4) is 0 Å². The van der Waals surface area contributed by atoms with Gasteiger partial charge in [0.05, 0.1) is 24.4 Å². The number of carbonyl (C=O) groups is 2. The Labute approximate surface area is 137 Å². The van der Waals surface area contributed by atoms with Gasteiger partial charge in [-0.2, -0.15) is 0 Å². The zero-order valence-corrected chi connectivity index (χ0v) is 12.9. The van der Waals surface area contributed by atoms with E-state index in [4.69, 9.17) is 16.0 Å². The van der Waals surface area contributed by atoms with Gasteiger partial charge < -0.3 is 19.7 Å².